The van der Waals surface area contributed by atoms with Crippen molar-refractivity contribution in [3.63, 3.8) is 0 Å². The van der Waals surface area contributed by atoms with Crippen molar-refractivity contribution in [1.29, 1.82) is 0 Å². The SMILES string of the molecule is C#CC(=O)/C=C/C=C(/C)C#C. The molecule has 0 fully saturated rings. The van der Waals surface area contributed by atoms with Crippen LogP contribution in [0.1, 0.15) is 6.92 Å². The zero-order valence-electron chi connectivity index (χ0n) is 6.29. The van der Waals surface area contributed by atoms with Crippen LogP contribution in [0.25, 0.3) is 0 Å². The zero-order valence-corrected chi connectivity index (χ0v) is 6.29. The molecule has 0 radical (unpaired) electrons. The molecule has 1 nitrogen and oxygen atoms in total. The first-order chi connectivity index (χ1) is 5.20. The second kappa shape index (κ2) is 5.09. The standard InChI is InChI=1S/C10H8O/c1-4-9(3)7-6-8-10(11)5-2/h1-2,6-8H,3H3/b8-6+,9-7-. The van der Waals surface area contributed by atoms with Gasteiger partial charge >= 0.3 is 0 Å². The lowest BCUT2D eigenvalue weighted by molar-refractivity contribution is -0.109. The minimum absolute atomic E-state index is 0.355. The van der Waals surface area contributed by atoms with E-state index in [4.69, 9.17) is 12.8 Å². The molecule has 54 valence electrons. The van der Waals surface area contributed by atoms with Crippen LogP contribution < -0.4 is 0 Å². The van der Waals surface area contributed by atoms with Crippen molar-refractivity contribution >= 4 is 5.78 Å². The van der Waals surface area contributed by atoms with Gasteiger partial charge in [0.25, 0.3) is 0 Å². The summed E-state index contributed by atoms with van der Waals surface area (Å²) in [5, 5.41) is 0. The van der Waals surface area contributed by atoms with Gasteiger partial charge in [-0.1, -0.05) is 18.1 Å². The van der Waals surface area contributed by atoms with E-state index in [9.17, 15) is 4.79 Å². The molecule has 0 aromatic heterocycles. The van der Waals surface area contributed by atoms with Crippen molar-refractivity contribution in [2.24, 2.45) is 0 Å². The summed E-state index contributed by atoms with van der Waals surface area (Å²) in [6.07, 6.45) is 14.3. The van der Waals surface area contributed by atoms with E-state index in [0.717, 1.165) is 5.57 Å². The molecule has 1 heteroatoms. The Morgan fingerprint density at radius 1 is 1.36 bits per heavy atom. The van der Waals surface area contributed by atoms with E-state index >= 15 is 0 Å². The average molecular weight is 144 g/mol. The van der Waals surface area contributed by atoms with Crippen molar-refractivity contribution < 1.29 is 4.79 Å². The third kappa shape index (κ3) is 4.75. The highest BCUT2D eigenvalue weighted by Gasteiger charge is 1.82. The van der Waals surface area contributed by atoms with Gasteiger partial charge in [0.05, 0.1) is 0 Å². The first-order valence-corrected chi connectivity index (χ1v) is 3.03. The van der Waals surface area contributed by atoms with Crippen molar-refractivity contribution in [3.05, 3.63) is 23.8 Å². The first-order valence-electron chi connectivity index (χ1n) is 3.03. The third-order valence-corrected chi connectivity index (χ3v) is 0.964. The van der Waals surface area contributed by atoms with Gasteiger partial charge in [-0.25, -0.2) is 0 Å². The van der Waals surface area contributed by atoms with Gasteiger partial charge in [0.15, 0.2) is 0 Å². The van der Waals surface area contributed by atoms with Crippen LogP contribution in [0.2, 0.25) is 0 Å². The lowest BCUT2D eigenvalue weighted by atomic mass is 10.2. The molecule has 11 heavy (non-hydrogen) atoms. The largest absolute Gasteiger partial charge is 0.280 e. The smallest absolute Gasteiger partial charge is 0.228 e. The number of allylic oxidation sites excluding steroid dienone is 4. The van der Waals surface area contributed by atoms with Crippen LogP contribution in [-0.4, -0.2) is 5.78 Å². The zero-order chi connectivity index (χ0) is 8.69. The lowest BCUT2D eigenvalue weighted by Gasteiger charge is -1.80. The minimum Gasteiger partial charge on any atom is -0.280 e. The Bertz CT molecular complexity index is 279. The van der Waals surface area contributed by atoms with Crippen LogP contribution in [0.15, 0.2) is 23.8 Å². The first kappa shape index (κ1) is 9.27. The predicted molar refractivity (Wildman–Crippen MR) is 45.6 cm³/mol. The Morgan fingerprint density at radius 2 is 2.00 bits per heavy atom. The van der Waals surface area contributed by atoms with Crippen molar-refractivity contribution in [3.8, 4) is 24.7 Å². The van der Waals surface area contributed by atoms with Crippen molar-refractivity contribution in [2.75, 3.05) is 0 Å². The molecule has 0 saturated carbocycles. The summed E-state index contributed by atoms with van der Waals surface area (Å²) < 4.78 is 0. The Hall–Kier alpha value is -1.73. The van der Waals surface area contributed by atoms with Gasteiger partial charge in [-0.2, -0.15) is 0 Å². The van der Waals surface area contributed by atoms with Crippen molar-refractivity contribution in [1.82, 2.24) is 0 Å². The molecule has 0 aromatic carbocycles. The second-order valence-corrected chi connectivity index (χ2v) is 1.86. The molecular weight excluding hydrogens is 136 g/mol. The van der Waals surface area contributed by atoms with E-state index in [2.05, 4.69) is 5.92 Å². The van der Waals surface area contributed by atoms with Crippen LogP contribution in [0.3, 0.4) is 0 Å². The molecule has 0 saturated heterocycles. The average Bonchev–Trinajstić information content (AvgIpc) is 2.04. The molecule has 0 spiro atoms. The van der Waals surface area contributed by atoms with Gasteiger partial charge in [0, 0.05) is 0 Å². The molecule has 0 bridgehead atoms. The van der Waals surface area contributed by atoms with Crippen LogP contribution >= 0.6 is 0 Å². The Balaban J connectivity index is 4.12. The number of hydrogen-bond acceptors (Lipinski definition) is 1. The second-order valence-electron chi connectivity index (χ2n) is 1.86. The maximum atomic E-state index is 10.5. The molecule has 0 heterocycles. The van der Waals surface area contributed by atoms with Gasteiger partial charge < -0.3 is 0 Å². The monoisotopic (exact) mass is 144 g/mol. The fourth-order valence-electron chi connectivity index (χ4n) is 0.376. The molecule has 0 aliphatic heterocycles. The number of carbonyl (C=O) groups is 1. The minimum atomic E-state index is -0.355. The summed E-state index contributed by atoms with van der Waals surface area (Å²) in [5.74, 6) is 4.00. The topological polar surface area (TPSA) is 17.1 Å². The Kier molecular flexibility index (Phi) is 4.29. The lowest BCUT2D eigenvalue weighted by Crippen LogP contribution is -1.82. The molecule has 0 N–H and O–H groups in total. The van der Waals surface area contributed by atoms with Crippen LogP contribution in [0, 0.1) is 24.7 Å². The number of hydrogen-bond donors (Lipinski definition) is 0. The van der Waals surface area contributed by atoms with Crippen LogP contribution in [0.5, 0.6) is 0 Å². The third-order valence-electron chi connectivity index (χ3n) is 0.964. The number of ketones is 1. The number of rotatable bonds is 2. The summed E-state index contributed by atoms with van der Waals surface area (Å²) in [5.41, 5.74) is 0.756. The fraction of sp³-hybridized carbons (Fsp3) is 0.100. The molecule has 0 aliphatic rings. The van der Waals surface area contributed by atoms with Crippen LogP contribution in [0.4, 0.5) is 0 Å². The molecule has 0 aliphatic carbocycles. The summed E-state index contributed by atoms with van der Waals surface area (Å²) in [4.78, 5) is 10.5. The maximum absolute atomic E-state index is 10.5. The van der Waals surface area contributed by atoms with E-state index in [1.54, 1.807) is 13.0 Å². The highest BCUT2D eigenvalue weighted by atomic mass is 16.1. The molecule has 0 aromatic rings. The van der Waals surface area contributed by atoms with E-state index in [1.807, 2.05) is 5.92 Å². The normalized spacial score (nSPS) is 10.6. The summed E-state index contributed by atoms with van der Waals surface area (Å²) in [6.45, 7) is 1.77. The van der Waals surface area contributed by atoms with E-state index in [1.165, 1.54) is 12.2 Å². The van der Waals surface area contributed by atoms with Gasteiger partial charge in [-0.05, 0) is 24.5 Å². The summed E-state index contributed by atoms with van der Waals surface area (Å²) in [7, 11) is 0. The number of terminal acetylenes is 2. The molecular formula is C10H8O. The van der Waals surface area contributed by atoms with E-state index in [0.29, 0.717) is 0 Å². The molecule has 0 unspecified atom stereocenters. The maximum Gasteiger partial charge on any atom is 0.228 e. The Morgan fingerprint density at radius 3 is 2.45 bits per heavy atom. The summed E-state index contributed by atoms with van der Waals surface area (Å²) >= 11 is 0. The van der Waals surface area contributed by atoms with E-state index in [-0.39, 0.29) is 5.78 Å². The number of carbonyl (C=O) groups excluding carboxylic acids is 1. The fourth-order valence-corrected chi connectivity index (χ4v) is 0.376. The summed E-state index contributed by atoms with van der Waals surface area (Å²) in [6, 6.07) is 0. The van der Waals surface area contributed by atoms with Gasteiger partial charge in [0.1, 0.15) is 0 Å². The van der Waals surface area contributed by atoms with Gasteiger partial charge in [-0.3, -0.25) is 4.79 Å². The molecule has 0 amide bonds. The highest BCUT2D eigenvalue weighted by molar-refractivity contribution is 6.03. The van der Waals surface area contributed by atoms with Crippen LogP contribution in [-0.2, 0) is 4.79 Å². The quantitative estimate of drug-likeness (QED) is 0.247. The van der Waals surface area contributed by atoms with Crippen molar-refractivity contribution in [2.45, 2.75) is 6.92 Å². The Labute approximate surface area is 66.8 Å². The predicted octanol–water partition coefficient (Wildman–Crippen LogP) is 1.32. The highest BCUT2D eigenvalue weighted by Crippen LogP contribution is 1.88. The molecule has 0 atom stereocenters. The molecule has 0 rings (SSSR count). The van der Waals surface area contributed by atoms with E-state index < -0.39 is 0 Å². The van der Waals surface area contributed by atoms with Gasteiger partial charge in [0.2, 0.25) is 5.78 Å². The van der Waals surface area contributed by atoms with Gasteiger partial charge in [-0.15, -0.1) is 12.8 Å².